The second-order valence-electron chi connectivity index (χ2n) is 5.14. The Hall–Kier alpha value is -1.83. The van der Waals surface area contributed by atoms with Crippen LogP contribution >= 0.6 is 11.3 Å². The Labute approximate surface area is 138 Å². The van der Waals surface area contributed by atoms with Crippen LogP contribution in [0.2, 0.25) is 0 Å². The van der Waals surface area contributed by atoms with Crippen LogP contribution in [0, 0.1) is 12.7 Å². The molecule has 2 rings (SSSR count). The molecule has 5 nitrogen and oxygen atoms in total. The first kappa shape index (κ1) is 17.5. The van der Waals surface area contributed by atoms with E-state index < -0.39 is 12.0 Å². The van der Waals surface area contributed by atoms with Crippen LogP contribution in [-0.4, -0.2) is 41.2 Å². The Bertz CT molecular complexity index is 649. The van der Waals surface area contributed by atoms with Gasteiger partial charge in [-0.3, -0.25) is 9.69 Å². The third kappa shape index (κ3) is 4.57. The fraction of sp³-hybridized carbons (Fsp3) is 0.375. The largest absolute Gasteiger partial charge is 0.480 e. The lowest BCUT2D eigenvalue weighted by Crippen LogP contribution is -2.36. The number of rotatable bonds is 8. The molecule has 2 aromatic rings. The van der Waals surface area contributed by atoms with Gasteiger partial charge >= 0.3 is 5.97 Å². The zero-order valence-electron chi connectivity index (χ0n) is 13.0. The number of halogens is 1. The predicted octanol–water partition coefficient (Wildman–Crippen LogP) is 2.86. The van der Waals surface area contributed by atoms with E-state index in [4.69, 9.17) is 4.74 Å². The van der Waals surface area contributed by atoms with E-state index >= 15 is 0 Å². The number of carbonyl (C=O) groups is 1. The van der Waals surface area contributed by atoms with Crippen LogP contribution in [-0.2, 0) is 16.1 Å². The number of carboxylic acid groups (broad SMARTS) is 1. The van der Waals surface area contributed by atoms with Gasteiger partial charge in [0, 0.05) is 25.2 Å². The molecule has 1 N–H and O–H groups in total. The number of benzene rings is 1. The maximum atomic E-state index is 13.5. The third-order valence-electron chi connectivity index (χ3n) is 3.50. The summed E-state index contributed by atoms with van der Waals surface area (Å²) in [5.41, 5.74) is 0.971. The van der Waals surface area contributed by atoms with Crippen molar-refractivity contribution in [3.63, 3.8) is 0 Å². The molecule has 0 saturated heterocycles. The van der Waals surface area contributed by atoms with Crippen LogP contribution < -0.4 is 0 Å². The number of thiazole rings is 1. The molecule has 1 heterocycles. The average molecular weight is 338 g/mol. The summed E-state index contributed by atoms with van der Waals surface area (Å²) in [6.45, 7) is 2.85. The molecule has 124 valence electrons. The van der Waals surface area contributed by atoms with Gasteiger partial charge in [0.15, 0.2) is 0 Å². The molecule has 0 bridgehead atoms. The Balaban J connectivity index is 2.32. The molecule has 0 radical (unpaired) electrons. The van der Waals surface area contributed by atoms with Crippen LogP contribution in [0.4, 0.5) is 4.39 Å². The van der Waals surface area contributed by atoms with E-state index in [1.807, 2.05) is 5.38 Å². The quantitative estimate of drug-likeness (QED) is 0.802. The number of aromatic nitrogens is 1. The molecule has 1 aromatic carbocycles. The number of hydrogen-bond donors (Lipinski definition) is 1. The summed E-state index contributed by atoms with van der Waals surface area (Å²) in [7, 11) is 1.57. The highest BCUT2D eigenvalue weighted by molar-refractivity contribution is 7.09. The van der Waals surface area contributed by atoms with Crippen molar-refractivity contribution in [2.75, 3.05) is 20.3 Å². The van der Waals surface area contributed by atoms with Crippen LogP contribution in [0.1, 0.15) is 22.2 Å². The van der Waals surface area contributed by atoms with E-state index in [0.29, 0.717) is 30.8 Å². The van der Waals surface area contributed by atoms with Crippen molar-refractivity contribution in [2.45, 2.75) is 19.5 Å². The number of hydrogen-bond acceptors (Lipinski definition) is 5. The average Bonchev–Trinajstić information content (AvgIpc) is 3.01. The van der Waals surface area contributed by atoms with Gasteiger partial charge in [0.1, 0.15) is 16.9 Å². The van der Waals surface area contributed by atoms with Crippen molar-refractivity contribution in [1.29, 1.82) is 0 Å². The minimum absolute atomic E-state index is 0.346. The van der Waals surface area contributed by atoms with Crippen molar-refractivity contribution in [2.24, 2.45) is 0 Å². The number of methoxy groups -OCH3 is 1. The second-order valence-corrected chi connectivity index (χ2v) is 6.12. The fourth-order valence-electron chi connectivity index (χ4n) is 2.36. The lowest BCUT2D eigenvalue weighted by molar-refractivity contribution is -0.144. The van der Waals surface area contributed by atoms with Crippen LogP contribution in [0.5, 0.6) is 0 Å². The summed E-state index contributed by atoms with van der Waals surface area (Å²) >= 11 is 1.47. The molecular formula is C16H19FN2O3S. The van der Waals surface area contributed by atoms with Crippen molar-refractivity contribution in [1.82, 2.24) is 9.88 Å². The molecule has 1 atom stereocenters. The van der Waals surface area contributed by atoms with Crippen molar-refractivity contribution < 1.29 is 19.0 Å². The van der Waals surface area contributed by atoms with E-state index in [1.54, 1.807) is 31.2 Å². The molecule has 0 fully saturated rings. The Morgan fingerprint density at radius 2 is 2.30 bits per heavy atom. The van der Waals surface area contributed by atoms with Crippen LogP contribution in [0.15, 0.2) is 29.8 Å². The molecule has 0 saturated carbocycles. The summed E-state index contributed by atoms with van der Waals surface area (Å²) in [6.07, 6.45) is 1.69. The van der Waals surface area contributed by atoms with Crippen LogP contribution in [0.3, 0.4) is 0 Å². The van der Waals surface area contributed by atoms with Gasteiger partial charge in [-0.15, -0.1) is 11.3 Å². The Kier molecular flexibility index (Phi) is 6.20. The second kappa shape index (κ2) is 8.14. The monoisotopic (exact) mass is 338 g/mol. The van der Waals surface area contributed by atoms with Gasteiger partial charge in [-0.2, -0.15) is 0 Å². The van der Waals surface area contributed by atoms with Gasteiger partial charge in [0.2, 0.25) is 0 Å². The zero-order valence-corrected chi connectivity index (χ0v) is 13.8. The highest BCUT2D eigenvalue weighted by atomic mass is 32.1. The normalized spacial score (nSPS) is 12.5. The SMILES string of the molecule is COCCN(Cc1nccs1)C(C(=O)O)c1ccc(F)c(C)c1. The summed E-state index contributed by atoms with van der Waals surface area (Å²) in [4.78, 5) is 17.8. The molecule has 0 aliphatic carbocycles. The van der Waals surface area contributed by atoms with Gasteiger partial charge in [-0.1, -0.05) is 12.1 Å². The van der Waals surface area contributed by atoms with Crippen molar-refractivity contribution in [3.8, 4) is 0 Å². The minimum Gasteiger partial charge on any atom is -0.480 e. The molecule has 1 aromatic heterocycles. The maximum Gasteiger partial charge on any atom is 0.325 e. The van der Waals surface area contributed by atoms with E-state index in [1.165, 1.54) is 23.5 Å². The summed E-state index contributed by atoms with van der Waals surface area (Å²) < 4.78 is 18.6. The lowest BCUT2D eigenvalue weighted by Gasteiger charge is -2.28. The molecule has 23 heavy (non-hydrogen) atoms. The van der Waals surface area contributed by atoms with E-state index in [9.17, 15) is 14.3 Å². The topological polar surface area (TPSA) is 62.7 Å². The Morgan fingerprint density at radius 3 is 2.87 bits per heavy atom. The number of nitrogens with zero attached hydrogens (tertiary/aromatic N) is 2. The van der Waals surface area contributed by atoms with Gasteiger partial charge in [0.25, 0.3) is 0 Å². The van der Waals surface area contributed by atoms with Crippen LogP contribution in [0.25, 0.3) is 0 Å². The Morgan fingerprint density at radius 1 is 1.52 bits per heavy atom. The van der Waals surface area contributed by atoms with Gasteiger partial charge in [0.05, 0.1) is 13.2 Å². The van der Waals surface area contributed by atoms with Gasteiger partial charge in [-0.25, -0.2) is 9.37 Å². The fourth-order valence-corrected chi connectivity index (χ4v) is 3.00. The molecule has 7 heteroatoms. The number of ether oxygens (including phenoxy) is 1. The summed E-state index contributed by atoms with van der Waals surface area (Å²) in [6, 6.07) is 3.52. The van der Waals surface area contributed by atoms with Gasteiger partial charge < -0.3 is 9.84 Å². The molecule has 0 aliphatic rings. The number of aliphatic carboxylic acids is 1. The molecular weight excluding hydrogens is 319 g/mol. The molecule has 0 aliphatic heterocycles. The summed E-state index contributed by atoms with van der Waals surface area (Å²) in [5.74, 6) is -1.33. The van der Waals surface area contributed by atoms with Gasteiger partial charge in [-0.05, 0) is 24.1 Å². The van der Waals surface area contributed by atoms with Crippen molar-refractivity contribution in [3.05, 3.63) is 51.7 Å². The van der Waals surface area contributed by atoms with Crippen molar-refractivity contribution >= 4 is 17.3 Å². The maximum absolute atomic E-state index is 13.5. The first-order chi connectivity index (χ1) is 11.0. The van der Waals surface area contributed by atoms with E-state index in [-0.39, 0.29) is 5.82 Å². The summed E-state index contributed by atoms with van der Waals surface area (Å²) in [5, 5.41) is 12.4. The first-order valence-electron chi connectivity index (χ1n) is 7.13. The highest BCUT2D eigenvalue weighted by Gasteiger charge is 2.28. The number of aryl methyl sites for hydroxylation is 1. The standard InChI is InChI=1S/C16H19FN2O3S/c1-11-9-12(3-4-13(11)17)15(16(20)21)19(6-7-22-2)10-14-18-5-8-23-14/h3-5,8-9,15H,6-7,10H2,1-2H3,(H,20,21). The zero-order chi connectivity index (χ0) is 16.8. The van der Waals surface area contributed by atoms with E-state index in [0.717, 1.165) is 5.01 Å². The highest BCUT2D eigenvalue weighted by Crippen LogP contribution is 2.25. The predicted molar refractivity (Wildman–Crippen MR) is 85.9 cm³/mol. The number of carboxylic acids is 1. The smallest absolute Gasteiger partial charge is 0.325 e. The third-order valence-corrected chi connectivity index (χ3v) is 4.27. The van der Waals surface area contributed by atoms with E-state index in [2.05, 4.69) is 4.98 Å². The molecule has 1 unspecified atom stereocenters. The first-order valence-corrected chi connectivity index (χ1v) is 8.01. The molecule has 0 amide bonds. The minimum atomic E-state index is -0.983. The molecule has 0 spiro atoms. The lowest BCUT2D eigenvalue weighted by atomic mass is 10.0.